The number of rotatable bonds is 4. The van der Waals surface area contributed by atoms with Crippen molar-refractivity contribution in [2.75, 3.05) is 32.2 Å². The van der Waals surface area contributed by atoms with Gasteiger partial charge in [0.25, 0.3) is 0 Å². The van der Waals surface area contributed by atoms with Crippen molar-refractivity contribution in [2.45, 2.75) is 12.8 Å². The van der Waals surface area contributed by atoms with Crippen LogP contribution in [0.15, 0.2) is 24.7 Å². The lowest BCUT2D eigenvalue weighted by atomic mass is 9.97. The van der Waals surface area contributed by atoms with Crippen LogP contribution in [0.5, 0.6) is 5.75 Å². The Morgan fingerprint density at radius 3 is 2.77 bits per heavy atom. The van der Waals surface area contributed by atoms with Crippen LogP contribution in [0.3, 0.4) is 0 Å². The van der Waals surface area contributed by atoms with Crippen LogP contribution >= 0.6 is 11.3 Å². The number of esters is 1. The molecule has 0 atom stereocenters. The minimum absolute atomic E-state index is 0.0151. The molecule has 8 nitrogen and oxygen atoms in total. The molecule has 1 aliphatic rings. The van der Waals surface area contributed by atoms with E-state index in [1.54, 1.807) is 37.0 Å². The predicted molar refractivity (Wildman–Crippen MR) is 97.6 cm³/mol. The van der Waals surface area contributed by atoms with Crippen LogP contribution in [0.1, 0.15) is 12.8 Å². The van der Waals surface area contributed by atoms with Crippen molar-refractivity contribution in [2.24, 2.45) is 5.92 Å². The van der Waals surface area contributed by atoms with Gasteiger partial charge in [0, 0.05) is 24.8 Å². The molecule has 0 aromatic carbocycles. The van der Waals surface area contributed by atoms with E-state index in [0.717, 1.165) is 47.3 Å². The zero-order chi connectivity index (χ0) is 18.1. The van der Waals surface area contributed by atoms with Crippen molar-refractivity contribution in [3.8, 4) is 17.0 Å². The molecule has 136 valence electrons. The van der Waals surface area contributed by atoms with Crippen LogP contribution in [0.25, 0.3) is 16.2 Å². The van der Waals surface area contributed by atoms with Crippen molar-refractivity contribution >= 4 is 27.4 Å². The number of methoxy groups -OCH3 is 2. The summed E-state index contributed by atoms with van der Waals surface area (Å²) in [5.74, 6) is 0.558. The number of imidazole rings is 1. The molecular formula is C17H19N5O3S. The van der Waals surface area contributed by atoms with Gasteiger partial charge in [0.2, 0.25) is 10.1 Å². The summed E-state index contributed by atoms with van der Waals surface area (Å²) in [5, 5.41) is 5.64. The van der Waals surface area contributed by atoms with Crippen molar-refractivity contribution < 1.29 is 14.3 Å². The zero-order valence-corrected chi connectivity index (χ0v) is 15.4. The summed E-state index contributed by atoms with van der Waals surface area (Å²) in [7, 11) is 3.06. The maximum atomic E-state index is 11.7. The molecule has 3 aromatic heterocycles. The van der Waals surface area contributed by atoms with Crippen LogP contribution in [0, 0.1) is 5.92 Å². The van der Waals surface area contributed by atoms with E-state index in [2.05, 4.69) is 14.9 Å². The number of carbonyl (C=O) groups excluding carboxylic acids is 1. The van der Waals surface area contributed by atoms with Gasteiger partial charge in [0.1, 0.15) is 5.75 Å². The highest BCUT2D eigenvalue weighted by molar-refractivity contribution is 7.20. The Kier molecular flexibility index (Phi) is 4.46. The molecule has 3 aromatic rings. The third-order valence-corrected chi connectivity index (χ3v) is 5.60. The number of anilines is 1. The van der Waals surface area contributed by atoms with E-state index in [9.17, 15) is 4.79 Å². The van der Waals surface area contributed by atoms with Crippen molar-refractivity contribution in [3.63, 3.8) is 0 Å². The molecule has 1 saturated heterocycles. The molecule has 1 aliphatic heterocycles. The number of fused-ring (bicyclic) bond motifs is 1. The number of hydrogen-bond donors (Lipinski definition) is 0. The quantitative estimate of drug-likeness (QED) is 0.649. The highest BCUT2D eigenvalue weighted by Crippen LogP contribution is 2.31. The molecule has 0 radical (unpaired) electrons. The van der Waals surface area contributed by atoms with Gasteiger partial charge in [-0.1, -0.05) is 11.3 Å². The van der Waals surface area contributed by atoms with Crippen LogP contribution < -0.4 is 9.64 Å². The summed E-state index contributed by atoms with van der Waals surface area (Å²) in [6.45, 7) is 1.57. The molecule has 4 rings (SSSR count). The summed E-state index contributed by atoms with van der Waals surface area (Å²) >= 11 is 1.54. The smallest absolute Gasteiger partial charge is 0.308 e. The second-order valence-electron chi connectivity index (χ2n) is 6.12. The lowest BCUT2D eigenvalue weighted by molar-refractivity contribution is -0.146. The average molecular weight is 373 g/mol. The predicted octanol–water partition coefficient (Wildman–Crippen LogP) is 2.25. The number of carbonyl (C=O) groups is 1. The minimum atomic E-state index is -0.119. The molecule has 0 aliphatic carbocycles. The summed E-state index contributed by atoms with van der Waals surface area (Å²) < 4.78 is 11.9. The fourth-order valence-electron chi connectivity index (χ4n) is 3.15. The van der Waals surface area contributed by atoms with Gasteiger partial charge in [-0.25, -0.2) is 9.50 Å². The van der Waals surface area contributed by atoms with Gasteiger partial charge in [-0.3, -0.25) is 9.78 Å². The van der Waals surface area contributed by atoms with Crippen LogP contribution in [-0.4, -0.2) is 52.9 Å². The minimum Gasteiger partial charge on any atom is -0.495 e. The van der Waals surface area contributed by atoms with E-state index in [-0.39, 0.29) is 11.9 Å². The second kappa shape index (κ2) is 6.91. The molecule has 9 heteroatoms. The Bertz CT molecular complexity index is 930. The molecule has 0 N–H and O–H groups in total. The SMILES string of the molecule is COC(=O)C1CCN(c2nn3c(-c4cncc(OC)c4)cnc3s2)CC1. The average Bonchev–Trinajstić information content (AvgIpc) is 3.28. The Balaban J connectivity index is 1.58. The monoisotopic (exact) mass is 373 g/mol. The molecule has 0 amide bonds. The first-order valence-electron chi connectivity index (χ1n) is 8.36. The number of aromatic nitrogens is 4. The van der Waals surface area contributed by atoms with Crippen molar-refractivity contribution in [3.05, 3.63) is 24.7 Å². The summed E-state index contributed by atoms with van der Waals surface area (Å²) in [6, 6.07) is 1.91. The number of ether oxygens (including phenoxy) is 2. The number of piperidine rings is 1. The van der Waals surface area contributed by atoms with E-state index >= 15 is 0 Å². The third kappa shape index (κ3) is 2.98. The van der Waals surface area contributed by atoms with Crippen molar-refractivity contribution in [1.82, 2.24) is 19.6 Å². The van der Waals surface area contributed by atoms with Gasteiger partial charge < -0.3 is 14.4 Å². The van der Waals surface area contributed by atoms with Crippen LogP contribution in [0.4, 0.5) is 5.13 Å². The highest BCUT2D eigenvalue weighted by atomic mass is 32.1. The van der Waals surface area contributed by atoms with Gasteiger partial charge in [-0.05, 0) is 18.9 Å². The maximum Gasteiger partial charge on any atom is 0.308 e. The van der Waals surface area contributed by atoms with Gasteiger partial charge >= 0.3 is 5.97 Å². The highest BCUT2D eigenvalue weighted by Gasteiger charge is 2.27. The van der Waals surface area contributed by atoms with Gasteiger partial charge in [0.15, 0.2) is 0 Å². The molecule has 0 bridgehead atoms. The molecule has 4 heterocycles. The van der Waals surface area contributed by atoms with Crippen LogP contribution in [-0.2, 0) is 9.53 Å². The standard InChI is InChI=1S/C17H19N5O3S/c1-24-13-7-12(8-18-9-13)14-10-19-16-22(14)20-17(26-16)21-5-3-11(4-6-21)15(23)25-2/h7-11H,3-6H2,1-2H3. The second-order valence-corrected chi connectivity index (χ2v) is 7.05. The van der Waals surface area contributed by atoms with E-state index in [1.807, 2.05) is 10.6 Å². The lowest BCUT2D eigenvalue weighted by Crippen LogP contribution is -2.36. The van der Waals surface area contributed by atoms with E-state index in [1.165, 1.54) is 7.11 Å². The fraction of sp³-hybridized carbons (Fsp3) is 0.412. The lowest BCUT2D eigenvalue weighted by Gasteiger charge is -2.29. The molecule has 0 spiro atoms. The summed E-state index contributed by atoms with van der Waals surface area (Å²) in [5.41, 5.74) is 1.77. The molecule has 0 saturated carbocycles. The maximum absolute atomic E-state index is 11.7. The molecule has 0 unspecified atom stereocenters. The Morgan fingerprint density at radius 2 is 2.04 bits per heavy atom. The topological polar surface area (TPSA) is 81.9 Å². The molecule has 1 fully saturated rings. The van der Waals surface area contributed by atoms with Gasteiger partial charge in [-0.15, -0.1) is 5.10 Å². The van der Waals surface area contributed by atoms with Gasteiger partial charge in [0.05, 0.1) is 38.2 Å². The largest absolute Gasteiger partial charge is 0.495 e. The Labute approximate surface area is 154 Å². The number of pyridine rings is 1. The van der Waals surface area contributed by atoms with E-state index in [0.29, 0.717) is 5.75 Å². The number of nitrogens with zero attached hydrogens (tertiary/aromatic N) is 5. The Hall–Kier alpha value is -2.68. The van der Waals surface area contributed by atoms with E-state index < -0.39 is 0 Å². The Morgan fingerprint density at radius 1 is 1.23 bits per heavy atom. The fourth-order valence-corrected chi connectivity index (χ4v) is 4.08. The first-order chi connectivity index (χ1) is 12.7. The molecule has 26 heavy (non-hydrogen) atoms. The first kappa shape index (κ1) is 16.8. The number of hydrogen-bond acceptors (Lipinski definition) is 8. The van der Waals surface area contributed by atoms with Crippen molar-refractivity contribution in [1.29, 1.82) is 0 Å². The summed E-state index contributed by atoms with van der Waals surface area (Å²) in [4.78, 5) is 23.4. The normalized spacial score (nSPS) is 15.4. The van der Waals surface area contributed by atoms with Gasteiger partial charge in [-0.2, -0.15) is 0 Å². The third-order valence-electron chi connectivity index (χ3n) is 4.62. The van der Waals surface area contributed by atoms with Crippen LogP contribution in [0.2, 0.25) is 0 Å². The molecular weight excluding hydrogens is 354 g/mol. The first-order valence-corrected chi connectivity index (χ1v) is 9.18. The summed E-state index contributed by atoms with van der Waals surface area (Å²) in [6.07, 6.45) is 6.79. The zero-order valence-electron chi connectivity index (χ0n) is 14.6. The van der Waals surface area contributed by atoms with E-state index in [4.69, 9.17) is 14.6 Å².